The first-order valence-corrected chi connectivity index (χ1v) is 6.37. The first kappa shape index (κ1) is 13.2. The van der Waals surface area contributed by atoms with Crippen LogP contribution >= 0.6 is 0 Å². The fourth-order valence-corrected chi connectivity index (χ4v) is 2.61. The van der Waals surface area contributed by atoms with Gasteiger partial charge in [0.05, 0.1) is 18.8 Å². The number of nitrogens with one attached hydrogen (secondary N) is 1. The number of methoxy groups -OCH3 is 1. The molecule has 0 bridgehead atoms. The summed E-state index contributed by atoms with van der Waals surface area (Å²) in [5.41, 5.74) is 0.558. The van der Waals surface area contributed by atoms with Crippen LogP contribution in [0.25, 0.3) is 0 Å². The third-order valence-electron chi connectivity index (χ3n) is 3.56. The van der Waals surface area contributed by atoms with E-state index >= 15 is 0 Å². The van der Waals surface area contributed by atoms with E-state index in [-0.39, 0.29) is 11.6 Å². The highest BCUT2D eigenvalue weighted by Crippen LogP contribution is 2.37. The average molecular weight is 251 g/mol. The first-order valence-electron chi connectivity index (χ1n) is 6.37. The van der Waals surface area contributed by atoms with E-state index in [0.717, 1.165) is 25.1 Å². The summed E-state index contributed by atoms with van der Waals surface area (Å²) >= 11 is 0. The highest BCUT2D eigenvalue weighted by molar-refractivity contribution is 5.24. The summed E-state index contributed by atoms with van der Waals surface area (Å²) in [4.78, 5) is 8.62. The fraction of sp³-hybridized carbons (Fsp3) is 0.692. The van der Waals surface area contributed by atoms with Gasteiger partial charge in [0.25, 0.3) is 0 Å². The molecule has 5 heteroatoms. The maximum Gasteiger partial charge on any atom is 0.237 e. The van der Waals surface area contributed by atoms with Crippen LogP contribution in [0.2, 0.25) is 0 Å². The van der Waals surface area contributed by atoms with Crippen LogP contribution in [0.15, 0.2) is 12.4 Å². The molecule has 2 unspecified atom stereocenters. The molecule has 1 aromatic heterocycles. The van der Waals surface area contributed by atoms with Crippen molar-refractivity contribution in [1.29, 1.82) is 0 Å². The van der Waals surface area contributed by atoms with Crippen molar-refractivity contribution in [1.82, 2.24) is 15.3 Å². The van der Waals surface area contributed by atoms with E-state index in [9.17, 15) is 0 Å². The van der Waals surface area contributed by atoms with Crippen LogP contribution in [0.5, 0.6) is 5.88 Å². The van der Waals surface area contributed by atoms with Gasteiger partial charge in [0.2, 0.25) is 5.88 Å². The molecular formula is C13H21N3O2. The number of aromatic nitrogens is 2. The van der Waals surface area contributed by atoms with Crippen molar-refractivity contribution in [2.75, 3.05) is 20.8 Å². The van der Waals surface area contributed by atoms with Gasteiger partial charge in [-0.2, -0.15) is 0 Å². The van der Waals surface area contributed by atoms with Crippen LogP contribution in [0.1, 0.15) is 37.9 Å². The number of likely N-dealkylation sites (N-methyl/N-ethyl adjacent to an activating group) is 1. The van der Waals surface area contributed by atoms with E-state index in [1.54, 1.807) is 19.5 Å². The molecule has 1 aliphatic heterocycles. The van der Waals surface area contributed by atoms with E-state index in [1.165, 1.54) is 6.42 Å². The number of hydrogen-bond acceptors (Lipinski definition) is 5. The Morgan fingerprint density at radius 3 is 2.78 bits per heavy atom. The smallest absolute Gasteiger partial charge is 0.237 e. The molecule has 0 radical (unpaired) electrons. The minimum absolute atomic E-state index is 0.0125. The molecule has 2 atom stereocenters. The summed E-state index contributed by atoms with van der Waals surface area (Å²) in [6.07, 6.45) is 6.65. The molecule has 5 nitrogen and oxygen atoms in total. The van der Waals surface area contributed by atoms with Gasteiger partial charge in [-0.3, -0.25) is 4.98 Å². The fourth-order valence-electron chi connectivity index (χ4n) is 2.61. The molecule has 0 aromatic carbocycles. The number of rotatable bonds is 4. The third-order valence-corrected chi connectivity index (χ3v) is 3.56. The molecule has 18 heavy (non-hydrogen) atoms. The van der Waals surface area contributed by atoms with Crippen LogP contribution in [-0.2, 0) is 4.74 Å². The summed E-state index contributed by atoms with van der Waals surface area (Å²) in [7, 11) is 3.53. The highest BCUT2D eigenvalue weighted by atomic mass is 16.5. The monoisotopic (exact) mass is 251 g/mol. The Morgan fingerprint density at radius 2 is 2.17 bits per heavy atom. The summed E-state index contributed by atoms with van der Waals surface area (Å²) in [6.45, 7) is 2.93. The Labute approximate surface area is 108 Å². The van der Waals surface area contributed by atoms with Crippen molar-refractivity contribution in [3.05, 3.63) is 18.1 Å². The molecular weight excluding hydrogens is 230 g/mol. The highest BCUT2D eigenvalue weighted by Gasteiger charge is 2.39. The molecule has 0 saturated carbocycles. The normalized spacial score (nSPS) is 25.7. The topological polar surface area (TPSA) is 56.3 Å². The lowest BCUT2D eigenvalue weighted by atomic mass is 9.86. The molecule has 1 aliphatic rings. The number of hydrogen-bond donors (Lipinski definition) is 1. The van der Waals surface area contributed by atoms with Gasteiger partial charge >= 0.3 is 0 Å². The van der Waals surface area contributed by atoms with Crippen molar-refractivity contribution in [2.24, 2.45) is 0 Å². The second-order valence-corrected chi connectivity index (χ2v) is 4.79. The van der Waals surface area contributed by atoms with E-state index in [2.05, 4.69) is 22.2 Å². The molecule has 0 aliphatic carbocycles. The van der Waals surface area contributed by atoms with Crippen LogP contribution in [-0.4, -0.2) is 36.3 Å². The van der Waals surface area contributed by atoms with Crippen LogP contribution in [0.4, 0.5) is 0 Å². The van der Waals surface area contributed by atoms with Crippen molar-refractivity contribution in [3.63, 3.8) is 0 Å². The van der Waals surface area contributed by atoms with Gasteiger partial charge in [0.1, 0.15) is 5.69 Å². The maximum absolute atomic E-state index is 5.99. The third kappa shape index (κ3) is 2.47. The molecule has 2 heterocycles. The Kier molecular flexibility index (Phi) is 4.14. The number of ether oxygens (including phenoxy) is 2. The van der Waals surface area contributed by atoms with E-state index in [4.69, 9.17) is 9.47 Å². The zero-order valence-corrected chi connectivity index (χ0v) is 11.3. The lowest BCUT2D eigenvalue weighted by molar-refractivity contribution is -0.0897. The van der Waals surface area contributed by atoms with Gasteiger partial charge in [0.15, 0.2) is 0 Å². The van der Waals surface area contributed by atoms with Gasteiger partial charge in [-0.05, 0) is 33.2 Å². The number of nitrogens with zero attached hydrogens (tertiary/aromatic N) is 2. The zero-order valence-electron chi connectivity index (χ0n) is 11.3. The van der Waals surface area contributed by atoms with Gasteiger partial charge in [-0.25, -0.2) is 4.98 Å². The molecule has 2 rings (SSSR count). The first-order chi connectivity index (χ1) is 8.71. The SMILES string of the molecule is CNC(c1nccnc1OC)C1(C)CCCCO1. The van der Waals surface area contributed by atoms with Crippen LogP contribution in [0, 0.1) is 0 Å². The van der Waals surface area contributed by atoms with Crippen LogP contribution < -0.4 is 10.1 Å². The van der Waals surface area contributed by atoms with Crippen molar-refractivity contribution in [3.8, 4) is 5.88 Å². The zero-order chi connectivity index (χ0) is 13.0. The standard InChI is InChI=1S/C13H21N3O2/c1-13(6-4-5-9-18-13)11(14-2)10-12(17-3)16-8-7-15-10/h7-8,11,14H,4-6,9H2,1-3H3. The largest absolute Gasteiger partial charge is 0.480 e. The van der Waals surface area contributed by atoms with Gasteiger partial charge in [-0.15, -0.1) is 0 Å². The Balaban J connectivity index is 2.32. The average Bonchev–Trinajstić information content (AvgIpc) is 2.40. The quantitative estimate of drug-likeness (QED) is 0.882. The summed E-state index contributed by atoms with van der Waals surface area (Å²) < 4.78 is 11.3. The molecule has 100 valence electrons. The predicted molar refractivity (Wildman–Crippen MR) is 68.6 cm³/mol. The maximum atomic E-state index is 5.99. The summed E-state index contributed by atoms with van der Waals surface area (Å²) in [5.74, 6) is 0.562. The van der Waals surface area contributed by atoms with Crippen molar-refractivity contribution < 1.29 is 9.47 Å². The lowest BCUT2D eigenvalue weighted by Gasteiger charge is -2.40. The second-order valence-electron chi connectivity index (χ2n) is 4.79. The molecule has 1 N–H and O–H groups in total. The van der Waals surface area contributed by atoms with E-state index < -0.39 is 0 Å². The lowest BCUT2D eigenvalue weighted by Crippen LogP contribution is -2.45. The molecule has 1 saturated heterocycles. The van der Waals surface area contributed by atoms with E-state index in [0.29, 0.717) is 5.88 Å². The Bertz CT molecular complexity index is 392. The molecule has 0 amide bonds. The summed E-state index contributed by atoms with van der Waals surface area (Å²) in [6, 6.07) is -0.0125. The van der Waals surface area contributed by atoms with Crippen molar-refractivity contribution in [2.45, 2.75) is 37.8 Å². The molecule has 1 fully saturated rings. The Hall–Kier alpha value is -1.20. The summed E-state index contributed by atoms with van der Waals surface area (Å²) in [5, 5.41) is 3.30. The van der Waals surface area contributed by atoms with Crippen LogP contribution in [0.3, 0.4) is 0 Å². The minimum atomic E-state index is -0.254. The van der Waals surface area contributed by atoms with Gasteiger partial charge in [0, 0.05) is 19.0 Å². The van der Waals surface area contributed by atoms with Crippen molar-refractivity contribution >= 4 is 0 Å². The Morgan fingerprint density at radius 1 is 1.39 bits per heavy atom. The van der Waals surface area contributed by atoms with Gasteiger partial charge in [-0.1, -0.05) is 0 Å². The van der Waals surface area contributed by atoms with E-state index in [1.807, 2.05) is 7.05 Å². The minimum Gasteiger partial charge on any atom is -0.480 e. The van der Waals surface area contributed by atoms with Gasteiger partial charge < -0.3 is 14.8 Å². The second kappa shape index (κ2) is 5.63. The molecule has 1 aromatic rings. The predicted octanol–water partition coefficient (Wildman–Crippen LogP) is 1.70. The molecule has 0 spiro atoms.